The van der Waals surface area contributed by atoms with Gasteiger partial charge in [0.2, 0.25) is 0 Å². The molecule has 0 amide bonds. The molecule has 0 saturated heterocycles. The Hall–Kier alpha value is -2.92. The fraction of sp³-hybridized carbons (Fsp3) is 0.857. The molecule has 35 heteroatoms. The van der Waals surface area contributed by atoms with Crippen LogP contribution in [-0.2, 0) is 42.7 Å². The summed E-state index contributed by atoms with van der Waals surface area (Å²) in [6, 6.07) is 0. The minimum Gasteiger partial charge on any atom is -0.380 e. The zero-order valence-corrected chi connectivity index (χ0v) is 20.5. The molecule has 0 spiro atoms. The minimum absolute atomic E-state index is 1.28. The summed E-state index contributed by atoms with van der Waals surface area (Å²) in [4.78, 5) is 21.8. The van der Waals surface area contributed by atoms with Crippen LogP contribution < -0.4 is 0 Å². The van der Waals surface area contributed by atoms with E-state index in [0.29, 0.717) is 0 Å². The lowest BCUT2D eigenvalue weighted by molar-refractivity contribution is -0.562. The van der Waals surface area contributed by atoms with Gasteiger partial charge < -0.3 is 4.74 Å². The van der Waals surface area contributed by atoms with E-state index in [4.69, 9.17) is 0 Å². The Bertz CT molecular complexity index is 1100. The first kappa shape index (κ1) is 46.1. The molecule has 0 fully saturated rings. The maximum absolute atomic E-state index is 13.4. The van der Waals surface area contributed by atoms with Crippen LogP contribution in [0.3, 0.4) is 0 Å². The lowest BCUT2D eigenvalue weighted by atomic mass is 10.5. The third-order valence-corrected chi connectivity index (χ3v) is 3.53. The largest absolute Gasteiger partial charge is 0.527 e. The maximum Gasteiger partial charge on any atom is 0.527 e. The highest BCUT2D eigenvalue weighted by Gasteiger charge is 2.77. The summed E-state index contributed by atoms with van der Waals surface area (Å²) in [6.07, 6.45) is -89.9. The summed E-state index contributed by atoms with van der Waals surface area (Å²) in [5.74, 6) is -9.42. The quantitative estimate of drug-likeness (QED) is 0.0918. The van der Waals surface area contributed by atoms with Gasteiger partial charge in [0, 0.05) is 0 Å². The SMILES string of the molecule is O=C(OC(=O)C(F)(F)OC(F)(F)C(F)(F)OC(F)(F)C(F)(F)OC(F)(F)F)C(F)(F)OC(F)(F)C(F)(F)OC(F)(F)C(F)(F)OC(F)(F)F. The van der Waals surface area contributed by atoms with E-state index in [1.165, 1.54) is 28.4 Å². The summed E-state index contributed by atoms with van der Waals surface area (Å²) in [5.41, 5.74) is 0. The Kier molecular flexibility index (Phi) is 12.2. The van der Waals surface area contributed by atoms with Gasteiger partial charge in [0.1, 0.15) is 0 Å². The summed E-state index contributed by atoms with van der Waals surface area (Å²) in [5, 5.41) is 0. The van der Waals surface area contributed by atoms with Crippen LogP contribution in [0.1, 0.15) is 0 Å². The van der Waals surface area contributed by atoms with Crippen molar-refractivity contribution in [2.75, 3.05) is 0 Å². The van der Waals surface area contributed by atoms with Crippen molar-refractivity contribution < 1.29 is 157 Å². The van der Waals surface area contributed by atoms with Crippen molar-refractivity contribution in [3.05, 3.63) is 0 Å². The molecule has 0 aliphatic rings. The topological polar surface area (TPSA) is 98.8 Å². The van der Waals surface area contributed by atoms with Crippen molar-refractivity contribution >= 4 is 11.9 Å². The molecular weight excluding hydrogens is 806 g/mol. The molecule has 0 aromatic heterocycles. The Balaban J connectivity index is 5.99. The van der Waals surface area contributed by atoms with Crippen LogP contribution in [0.5, 0.6) is 0 Å². The van der Waals surface area contributed by atoms with Gasteiger partial charge in [0.15, 0.2) is 0 Å². The molecule has 0 aromatic carbocycles. The third kappa shape index (κ3) is 11.6. The molecule has 9 nitrogen and oxygen atoms in total. The van der Waals surface area contributed by atoms with E-state index >= 15 is 0 Å². The van der Waals surface area contributed by atoms with Gasteiger partial charge in [-0.1, -0.05) is 0 Å². The predicted molar refractivity (Wildman–Crippen MR) is 79.2 cm³/mol. The highest BCUT2D eigenvalue weighted by atomic mass is 19.4. The molecule has 0 aromatic rings. The van der Waals surface area contributed by atoms with Gasteiger partial charge in [0.05, 0.1) is 0 Å². The number of rotatable bonds is 16. The van der Waals surface area contributed by atoms with Crippen molar-refractivity contribution in [3.8, 4) is 0 Å². The van der Waals surface area contributed by atoms with Gasteiger partial charge in [-0.3, -0.25) is 0 Å². The Morgan fingerprint density at radius 1 is 0.265 bits per heavy atom. The monoisotopic (exact) mass is 806 g/mol. The highest BCUT2D eigenvalue weighted by molar-refractivity contribution is 5.91. The van der Waals surface area contributed by atoms with Crippen molar-refractivity contribution in [2.24, 2.45) is 0 Å². The van der Waals surface area contributed by atoms with Gasteiger partial charge in [-0.15, -0.1) is 26.3 Å². The first-order chi connectivity index (χ1) is 20.8. The van der Waals surface area contributed by atoms with Gasteiger partial charge in [0.25, 0.3) is 0 Å². The van der Waals surface area contributed by atoms with Crippen molar-refractivity contribution in [3.63, 3.8) is 0 Å². The summed E-state index contributed by atoms with van der Waals surface area (Å²) < 4.78 is 342. The third-order valence-electron chi connectivity index (χ3n) is 3.53. The lowest BCUT2D eigenvalue weighted by Crippen LogP contribution is -2.58. The van der Waals surface area contributed by atoms with E-state index in [1.54, 1.807) is 0 Å². The Labute approximate surface area is 244 Å². The van der Waals surface area contributed by atoms with Crippen LogP contribution in [0.15, 0.2) is 0 Å². The minimum atomic E-state index is -7.83. The van der Waals surface area contributed by atoms with Gasteiger partial charge in [-0.05, 0) is 0 Å². The average Bonchev–Trinajstić information content (AvgIpc) is 2.72. The summed E-state index contributed by atoms with van der Waals surface area (Å²) >= 11 is 0. The molecule has 0 N–H and O–H groups in total. The van der Waals surface area contributed by atoms with E-state index in [2.05, 4.69) is 0 Å². The van der Waals surface area contributed by atoms with Crippen LogP contribution in [0.4, 0.5) is 114 Å². The summed E-state index contributed by atoms with van der Waals surface area (Å²) in [6.45, 7) is 0. The van der Waals surface area contributed by atoms with Crippen LogP contribution in [0.2, 0.25) is 0 Å². The molecule has 0 atom stereocenters. The van der Waals surface area contributed by atoms with Crippen LogP contribution >= 0.6 is 0 Å². The van der Waals surface area contributed by atoms with E-state index in [-0.39, 0.29) is 0 Å². The number of esters is 2. The second-order valence-electron chi connectivity index (χ2n) is 7.35. The normalized spacial score (nSPS) is 15.8. The van der Waals surface area contributed by atoms with Crippen LogP contribution in [0.25, 0.3) is 0 Å². The van der Waals surface area contributed by atoms with E-state index in [0.717, 1.165) is 0 Å². The Morgan fingerprint density at radius 2 is 0.429 bits per heavy atom. The molecule has 0 saturated carbocycles. The number of carbonyl (C=O) groups excluding carboxylic acids is 2. The predicted octanol–water partition coefficient (Wildman–Crippen LogP) is 7.12. The van der Waals surface area contributed by atoms with Gasteiger partial charge in [-0.25, -0.2) is 38.0 Å². The first-order valence-electron chi connectivity index (χ1n) is 9.68. The highest BCUT2D eigenvalue weighted by Crippen LogP contribution is 2.50. The smallest absolute Gasteiger partial charge is 0.380 e. The van der Waals surface area contributed by atoms with Crippen molar-refractivity contribution in [2.45, 2.75) is 73.8 Å². The summed E-state index contributed by atoms with van der Waals surface area (Å²) in [7, 11) is 0. The zero-order valence-electron chi connectivity index (χ0n) is 20.5. The van der Waals surface area contributed by atoms with Crippen LogP contribution in [0, 0.1) is 0 Å². The molecule has 0 radical (unpaired) electrons. The fourth-order valence-corrected chi connectivity index (χ4v) is 1.70. The van der Waals surface area contributed by atoms with E-state index < -0.39 is 85.7 Å². The number of hydrogen-bond donors (Lipinski definition) is 0. The zero-order chi connectivity index (χ0) is 40.1. The van der Waals surface area contributed by atoms with Gasteiger partial charge >= 0.3 is 85.7 Å². The molecule has 49 heavy (non-hydrogen) atoms. The maximum atomic E-state index is 13.4. The lowest BCUT2D eigenvalue weighted by Gasteiger charge is -2.33. The van der Waals surface area contributed by atoms with E-state index in [1.807, 2.05) is 4.74 Å². The second kappa shape index (κ2) is 13.0. The van der Waals surface area contributed by atoms with Crippen molar-refractivity contribution in [1.29, 1.82) is 0 Å². The van der Waals surface area contributed by atoms with E-state index in [9.17, 15) is 124 Å². The molecule has 0 aliphatic carbocycles. The number of ether oxygens (including phenoxy) is 7. The number of halogens is 26. The first-order valence-corrected chi connectivity index (χ1v) is 9.68. The fourth-order valence-electron chi connectivity index (χ4n) is 1.70. The molecule has 0 aliphatic heterocycles. The Morgan fingerprint density at radius 3 is 0.612 bits per heavy atom. The molecule has 0 unspecified atom stereocenters. The molecule has 0 rings (SSSR count). The number of alkyl halides is 26. The second-order valence-corrected chi connectivity index (χ2v) is 7.35. The van der Waals surface area contributed by atoms with Crippen LogP contribution in [-0.4, -0.2) is 85.7 Å². The average molecular weight is 806 g/mol. The number of carbonyl (C=O) groups is 2. The van der Waals surface area contributed by atoms with Crippen molar-refractivity contribution in [1.82, 2.24) is 0 Å². The molecule has 292 valence electrons. The molecular formula is C14F26O9. The molecule has 0 bridgehead atoms. The van der Waals surface area contributed by atoms with Gasteiger partial charge in [-0.2, -0.15) is 87.8 Å². The number of hydrogen-bond acceptors (Lipinski definition) is 9. The standard InChI is InChI=1S/C14F26O9/c15-3(16,44-5(19,20)7(23,24)46-9(27,28)11(31,32)48-13(35,36)37)1(41)43-2(42)4(17,18)45-6(21,22)8(25,26)47-10(29,30)12(33,34)49-14(38,39)40. The molecule has 0 heterocycles.